The van der Waals surface area contributed by atoms with Crippen LogP contribution >= 0.6 is 0 Å². The van der Waals surface area contributed by atoms with Crippen LogP contribution < -0.4 is 0 Å². The van der Waals surface area contributed by atoms with Crippen molar-refractivity contribution in [3.05, 3.63) is 34.6 Å². The molecule has 0 aliphatic carbocycles. The lowest BCUT2D eigenvalue weighted by Crippen LogP contribution is -2.17. The van der Waals surface area contributed by atoms with Gasteiger partial charge in [0.1, 0.15) is 11.4 Å². The van der Waals surface area contributed by atoms with Crippen LogP contribution in [0.25, 0.3) is 0 Å². The summed E-state index contributed by atoms with van der Waals surface area (Å²) in [5.41, 5.74) is -3.15. The molecule has 0 saturated carbocycles. The molecule has 1 aromatic carbocycles. The Hall–Kier alpha value is -2.12. The van der Waals surface area contributed by atoms with Crippen molar-refractivity contribution in [1.29, 1.82) is 0 Å². The first-order chi connectivity index (χ1) is 8.72. The molecule has 0 aromatic heterocycles. The third-order valence-corrected chi connectivity index (χ3v) is 2.21. The Labute approximate surface area is 104 Å². The smallest absolute Gasteiger partial charge is 0.416 e. The molecule has 0 spiro atoms. The van der Waals surface area contributed by atoms with E-state index in [1.54, 1.807) is 0 Å². The molecule has 8 heteroatoms. The average Bonchev–Trinajstić information content (AvgIpc) is 2.34. The Balaban J connectivity index is 3.57. The fourth-order valence-corrected chi connectivity index (χ4v) is 1.35. The predicted octanol–water partition coefficient (Wildman–Crippen LogP) is 2.42. The molecule has 0 radical (unpaired) electrons. The van der Waals surface area contributed by atoms with Crippen molar-refractivity contribution in [3.63, 3.8) is 0 Å². The number of halogens is 4. The van der Waals surface area contributed by atoms with Crippen molar-refractivity contribution in [2.45, 2.75) is 6.18 Å². The standard InChI is InChI=1S/C11H8F4O4/c1-18-9(16)6-3-5(11(13,14)15)4-7(12)8(6)10(17)19-2/h3-4H,1-2H3. The van der Waals surface area contributed by atoms with E-state index in [1.165, 1.54) is 0 Å². The second-order valence-corrected chi connectivity index (χ2v) is 3.36. The van der Waals surface area contributed by atoms with Crippen LogP contribution in [0.2, 0.25) is 0 Å². The first kappa shape index (κ1) is 14.9. The fourth-order valence-electron chi connectivity index (χ4n) is 1.35. The van der Waals surface area contributed by atoms with E-state index in [0.29, 0.717) is 6.07 Å². The minimum Gasteiger partial charge on any atom is -0.465 e. The SMILES string of the molecule is COC(=O)c1cc(C(F)(F)F)cc(F)c1C(=O)OC. The van der Waals surface area contributed by atoms with Crippen LogP contribution in [-0.4, -0.2) is 26.2 Å². The molecule has 0 aliphatic rings. The summed E-state index contributed by atoms with van der Waals surface area (Å²) in [5, 5.41) is 0. The van der Waals surface area contributed by atoms with Gasteiger partial charge in [-0.05, 0) is 12.1 Å². The van der Waals surface area contributed by atoms with Crippen LogP contribution in [-0.2, 0) is 15.7 Å². The van der Waals surface area contributed by atoms with Crippen molar-refractivity contribution in [1.82, 2.24) is 0 Å². The highest BCUT2D eigenvalue weighted by Crippen LogP contribution is 2.32. The second kappa shape index (κ2) is 5.25. The van der Waals surface area contributed by atoms with Crippen LogP contribution in [0.3, 0.4) is 0 Å². The number of ether oxygens (including phenoxy) is 2. The van der Waals surface area contributed by atoms with Crippen LogP contribution in [0.5, 0.6) is 0 Å². The lowest BCUT2D eigenvalue weighted by atomic mass is 10.0. The number of benzene rings is 1. The van der Waals surface area contributed by atoms with Crippen molar-refractivity contribution < 1.29 is 36.6 Å². The minimum absolute atomic E-state index is 0.110. The molecule has 1 rings (SSSR count). The number of alkyl halides is 3. The molecule has 0 bridgehead atoms. The normalized spacial score (nSPS) is 11.1. The molecule has 0 N–H and O–H groups in total. The van der Waals surface area contributed by atoms with E-state index in [0.717, 1.165) is 14.2 Å². The highest BCUT2D eigenvalue weighted by molar-refractivity contribution is 6.03. The highest BCUT2D eigenvalue weighted by atomic mass is 19.4. The molecule has 19 heavy (non-hydrogen) atoms. The quantitative estimate of drug-likeness (QED) is 0.616. The molecule has 0 atom stereocenters. The molecule has 0 heterocycles. The largest absolute Gasteiger partial charge is 0.465 e. The topological polar surface area (TPSA) is 52.6 Å². The monoisotopic (exact) mass is 280 g/mol. The number of carbonyl (C=O) groups is 2. The van der Waals surface area contributed by atoms with Gasteiger partial charge in [0.15, 0.2) is 0 Å². The summed E-state index contributed by atoms with van der Waals surface area (Å²) < 4.78 is 59.5. The van der Waals surface area contributed by atoms with Crippen molar-refractivity contribution >= 4 is 11.9 Å². The van der Waals surface area contributed by atoms with Gasteiger partial charge in [-0.15, -0.1) is 0 Å². The third-order valence-electron chi connectivity index (χ3n) is 2.21. The molecule has 0 saturated heterocycles. The number of rotatable bonds is 2. The lowest BCUT2D eigenvalue weighted by Gasteiger charge is -2.12. The zero-order chi connectivity index (χ0) is 14.8. The lowest BCUT2D eigenvalue weighted by molar-refractivity contribution is -0.137. The molecule has 0 unspecified atom stereocenters. The molecule has 1 aromatic rings. The predicted molar refractivity (Wildman–Crippen MR) is 54.1 cm³/mol. The zero-order valence-corrected chi connectivity index (χ0v) is 9.80. The Morgan fingerprint density at radius 3 is 2.00 bits per heavy atom. The molecule has 0 aliphatic heterocycles. The molecular weight excluding hydrogens is 272 g/mol. The maximum Gasteiger partial charge on any atom is 0.416 e. The van der Waals surface area contributed by atoms with E-state index in [2.05, 4.69) is 9.47 Å². The molecule has 104 valence electrons. The van der Waals surface area contributed by atoms with Gasteiger partial charge in [-0.1, -0.05) is 0 Å². The van der Waals surface area contributed by atoms with Crippen LogP contribution in [0.4, 0.5) is 17.6 Å². The fraction of sp³-hybridized carbons (Fsp3) is 0.273. The van der Waals surface area contributed by atoms with Gasteiger partial charge < -0.3 is 9.47 Å². The number of hydrogen-bond acceptors (Lipinski definition) is 4. The van der Waals surface area contributed by atoms with Gasteiger partial charge in [-0.25, -0.2) is 14.0 Å². The van der Waals surface area contributed by atoms with Crippen molar-refractivity contribution in [3.8, 4) is 0 Å². The highest BCUT2D eigenvalue weighted by Gasteiger charge is 2.35. The summed E-state index contributed by atoms with van der Waals surface area (Å²) in [6.07, 6.45) is -4.86. The summed E-state index contributed by atoms with van der Waals surface area (Å²) >= 11 is 0. The second-order valence-electron chi connectivity index (χ2n) is 3.36. The number of carbonyl (C=O) groups excluding carboxylic acids is 2. The summed E-state index contributed by atoms with van der Waals surface area (Å²) in [7, 11) is 1.79. The van der Waals surface area contributed by atoms with Crippen LogP contribution in [0.1, 0.15) is 26.3 Å². The first-order valence-corrected chi connectivity index (χ1v) is 4.79. The third kappa shape index (κ3) is 3.01. The van der Waals surface area contributed by atoms with E-state index in [4.69, 9.17) is 0 Å². The molecular formula is C11H8F4O4. The van der Waals surface area contributed by atoms with Gasteiger partial charge in [-0.3, -0.25) is 0 Å². The number of esters is 2. The Kier molecular flexibility index (Phi) is 4.13. The van der Waals surface area contributed by atoms with Gasteiger partial charge >= 0.3 is 18.1 Å². The minimum atomic E-state index is -4.86. The zero-order valence-electron chi connectivity index (χ0n) is 9.80. The van der Waals surface area contributed by atoms with Gasteiger partial charge in [0, 0.05) is 0 Å². The number of methoxy groups -OCH3 is 2. The van der Waals surface area contributed by atoms with Gasteiger partial charge in [0.25, 0.3) is 0 Å². The maximum atomic E-state index is 13.6. The van der Waals surface area contributed by atoms with Gasteiger partial charge in [0.05, 0.1) is 25.3 Å². The Morgan fingerprint density at radius 1 is 1.05 bits per heavy atom. The molecule has 0 amide bonds. The van der Waals surface area contributed by atoms with Crippen LogP contribution in [0, 0.1) is 5.82 Å². The summed E-state index contributed by atoms with van der Waals surface area (Å²) in [4.78, 5) is 22.6. The van der Waals surface area contributed by atoms with Crippen molar-refractivity contribution in [2.75, 3.05) is 14.2 Å². The van der Waals surface area contributed by atoms with E-state index in [9.17, 15) is 27.2 Å². The van der Waals surface area contributed by atoms with Crippen molar-refractivity contribution in [2.24, 2.45) is 0 Å². The van der Waals surface area contributed by atoms with Gasteiger partial charge in [0.2, 0.25) is 0 Å². The first-order valence-electron chi connectivity index (χ1n) is 4.79. The van der Waals surface area contributed by atoms with E-state index < -0.39 is 40.6 Å². The molecule has 0 fully saturated rings. The van der Waals surface area contributed by atoms with E-state index >= 15 is 0 Å². The number of hydrogen-bond donors (Lipinski definition) is 0. The summed E-state index contributed by atoms with van der Waals surface area (Å²) in [6.45, 7) is 0. The van der Waals surface area contributed by atoms with E-state index in [1.807, 2.05) is 0 Å². The van der Waals surface area contributed by atoms with Gasteiger partial charge in [-0.2, -0.15) is 13.2 Å². The van der Waals surface area contributed by atoms with E-state index in [-0.39, 0.29) is 6.07 Å². The Bertz CT molecular complexity index is 522. The summed E-state index contributed by atoms with van der Waals surface area (Å²) in [6, 6.07) is 0.444. The summed E-state index contributed by atoms with van der Waals surface area (Å²) in [5.74, 6) is -4.06. The maximum absolute atomic E-state index is 13.6. The Morgan fingerprint density at radius 2 is 1.58 bits per heavy atom. The average molecular weight is 280 g/mol. The molecule has 4 nitrogen and oxygen atoms in total. The van der Waals surface area contributed by atoms with Crippen LogP contribution in [0.15, 0.2) is 12.1 Å².